The Bertz CT molecular complexity index is 1210. The number of anilines is 1. The van der Waals surface area contributed by atoms with Crippen molar-refractivity contribution in [1.82, 2.24) is 15.1 Å². The second-order valence-electron chi connectivity index (χ2n) is 7.28. The molecule has 0 atom stereocenters. The molecule has 1 fully saturated rings. The second-order valence-corrected chi connectivity index (χ2v) is 8.93. The van der Waals surface area contributed by atoms with E-state index in [9.17, 15) is 17.6 Å². The Labute approximate surface area is 173 Å². The average Bonchev–Trinajstić information content (AvgIpc) is 3.43. The normalized spacial score (nSPS) is 14.3. The molecular weight excluding hydrogens is 411 g/mol. The molecule has 3 heterocycles. The van der Waals surface area contributed by atoms with Gasteiger partial charge in [0.25, 0.3) is 15.9 Å². The van der Waals surface area contributed by atoms with E-state index in [0.717, 1.165) is 12.8 Å². The fourth-order valence-corrected chi connectivity index (χ4v) is 4.73. The van der Waals surface area contributed by atoms with Crippen molar-refractivity contribution >= 4 is 21.6 Å². The number of carbonyl (C=O) groups excluding carboxylic acids is 1. The van der Waals surface area contributed by atoms with E-state index in [0.29, 0.717) is 29.9 Å². The average molecular weight is 432 g/mol. The van der Waals surface area contributed by atoms with Crippen molar-refractivity contribution in [3.63, 3.8) is 0 Å². The molecule has 0 unspecified atom stereocenters. The van der Waals surface area contributed by atoms with E-state index in [-0.39, 0.29) is 28.0 Å². The first-order valence-electron chi connectivity index (χ1n) is 9.48. The van der Waals surface area contributed by atoms with Gasteiger partial charge in [0.15, 0.2) is 5.76 Å². The van der Waals surface area contributed by atoms with Crippen LogP contribution < -0.4 is 4.72 Å². The van der Waals surface area contributed by atoms with E-state index in [1.54, 1.807) is 17.9 Å². The summed E-state index contributed by atoms with van der Waals surface area (Å²) in [6, 6.07) is 5.51. The molecule has 0 radical (unpaired) electrons. The number of nitrogens with one attached hydrogen (secondary N) is 2. The lowest BCUT2D eigenvalue weighted by Gasteiger charge is -2.14. The van der Waals surface area contributed by atoms with Crippen molar-refractivity contribution in [3.05, 3.63) is 53.2 Å². The minimum Gasteiger partial charge on any atom is -0.458 e. The number of likely N-dealkylation sites (tertiary alicyclic amines) is 1. The smallest absolute Gasteiger partial charge is 0.265 e. The van der Waals surface area contributed by atoms with Crippen molar-refractivity contribution in [3.8, 4) is 11.5 Å². The van der Waals surface area contributed by atoms with Gasteiger partial charge in [0, 0.05) is 19.2 Å². The van der Waals surface area contributed by atoms with Gasteiger partial charge in [0.2, 0.25) is 0 Å². The third-order valence-electron chi connectivity index (χ3n) is 5.04. The lowest BCUT2D eigenvalue weighted by molar-refractivity contribution is 0.0793. The molecule has 10 heteroatoms. The Kier molecular flexibility index (Phi) is 5.10. The Balaban J connectivity index is 1.65. The molecule has 2 N–H and O–H groups in total. The number of hydrogen-bond acceptors (Lipinski definition) is 5. The summed E-state index contributed by atoms with van der Waals surface area (Å²) in [6.45, 7) is 4.54. The van der Waals surface area contributed by atoms with Crippen LogP contribution in [0.1, 0.15) is 34.5 Å². The number of sulfonamides is 1. The van der Waals surface area contributed by atoms with Gasteiger partial charge in [-0.15, -0.1) is 0 Å². The number of aromatic amines is 1. The van der Waals surface area contributed by atoms with Gasteiger partial charge in [-0.3, -0.25) is 14.6 Å². The Hall–Kier alpha value is -3.14. The van der Waals surface area contributed by atoms with Crippen LogP contribution in [0, 0.1) is 19.7 Å². The van der Waals surface area contributed by atoms with Gasteiger partial charge in [-0.25, -0.2) is 12.8 Å². The van der Waals surface area contributed by atoms with E-state index < -0.39 is 15.8 Å². The minimum atomic E-state index is -4.11. The van der Waals surface area contributed by atoms with Gasteiger partial charge in [-0.05, 0) is 44.4 Å². The largest absolute Gasteiger partial charge is 0.458 e. The SMILES string of the molecule is Cc1ccc(NS(=O)(=O)c2cc(-c3[nH]ncc3C(=O)N3CCCC3)oc2C)c(F)c1. The van der Waals surface area contributed by atoms with Gasteiger partial charge in [0.05, 0.1) is 17.4 Å². The number of aromatic nitrogens is 2. The third-order valence-corrected chi connectivity index (χ3v) is 6.51. The molecule has 0 bridgehead atoms. The van der Waals surface area contributed by atoms with Crippen LogP contribution in [-0.4, -0.2) is 42.5 Å². The van der Waals surface area contributed by atoms with Crippen LogP contribution in [-0.2, 0) is 10.0 Å². The summed E-state index contributed by atoms with van der Waals surface area (Å²) in [7, 11) is -4.11. The predicted molar refractivity (Wildman–Crippen MR) is 108 cm³/mol. The molecule has 1 amide bonds. The number of nitrogens with zero attached hydrogens (tertiary/aromatic N) is 2. The van der Waals surface area contributed by atoms with Crippen LogP contribution in [0.3, 0.4) is 0 Å². The molecule has 2 aromatic heterocycles. The number of amides is 1. The van der Waals surface area contributed by atoms with Gasteiger partial charge in [-0.1, -0.05) is 6.07 Å². The molecule has 0 aliphatic carbocycles. The minimum absolute atomic E-state index is 0.110. The number of carbonyl (C=O) groups is 1. The van der Waals surface area contributed by atoms with Crippen molar-refractivity contribution in [2.24, 2.45) is 0 Å². The van der Waals surface area contributed by atoms with Crippen molar-refractivity contribution < 1.29 is 22.0 Å². The van der Waals surface area contributed by atoms with E-state index in [1.165, 1.54) is 31.3 Å². The molecule has 1 aliphatic heterocycles. The van der Waals surface area contributed by atoms with Crippen LogP contribution in [0.25, 0.3) is 11.5 Å². The number of halogens is 1. The maximum absolute atomic E-state index is 14.1. The molecule has 8 nitrogen and oxygen atoms in total. The number of furan rings is 1. The number of aryl methyl sites for hydroxylation is 2. The molecule has 1 aromatic carbocycles. The van der Waals surface area contributed by atoms with E-state index >= 15 is 0 Å². The summed E-state index contributed by atoms with van der Waals surface area (Å²) in [4.78, 5) is 14.3. The quantitative estimate of drug-likeness (QED) is 0.642. The van der Waals surface area contributed by atoms with E-state index in [2.05, 4.69) is 14.9 Å². The van der Waals surface area contributed by atoms with Gasteiger partial charge in [0.1, 0.15) is 22.2 Å². The maximum atomic E-state index is 14.1. The van der Waals surface area contributed by atoms with Crippen LogP contribution in [0.5, 0.6) is 0 Å². The highest BCUT2D eigenvalue weighted by Crippen LogP contribution is 2.31. The van der Waals surface area contributed by atoms with Gasteiger partial charge in [-0.2, -0.15) is 5.10 Å². The highest BCUT2D eigenvalue weighted by Gasteiger charge is 2.28. The van der Waals surface area contributed by atoms with Crippen LogP contribution >= 0.6 is 0 Å². The highest BCUT2D eigenvalue weighted by atomic mass is 32.2. The molecule has 3 aromatic rings. The summed E-state index contributed by atoms with van der Waals surface area (Å²) >= 11 is 0. The van der Waals surface area contributed by atoms with Gasteiger partial charge < -0.3 is 9.32 Å². The molecule has 0 saturated carbocycles. The number of benzene rings is 1. The number of H-pyrrole nitrogens is 1. The first-order chi connectivity index (χ1) is 14.3. The molecule has 30 heavy (non-hydrogen) atoms. The Morgan fingerprint density at radius 1 is 1.23 bits per heavy atom. The summed E-state index contributed by atoms with van der Waals surface area (Å²) in [5.74, 6) is -0.585. The molecule has 1 saturated heterocycles. The zero-order valence-electron chi connectivity index (χ0n) is 16.5. The molecular formula is C20H21FN4O4S. The highest BCUT2D eigenvalue weighted by molar-refractivity contribution is 7.92. The first kappa shape index (κ1) is 20.1. The van der Waals surface area contributed by atoms with Crippen LogP contribution in [0.2, 0.25) is 0 Å². The monoisotopic (exact) mass is 432 g/mol. The zero-order chi connectivity index (χ0) is 21.5. The summed E-state index contributed by atoms with van der Waals surface area (Å²) in [5.41, 5.74) is 1.13. The zero-order valence-corrected chi connectivity index (χ0v) is 17.3. The fourth-order valence-electron chi connectivity index (χ4n) is 3.48. The lowest BCUT2D eigenvalue weighted by Crippen LogP contribution is -2.27. The number of rotatable bonds is 5. The Morgan fingerprint density at radius 3 is 2.67 bits per heavy atom. The van der Waals surface area contributed by atoms with Crippen LogP contribution in [0.4, 0.5) is 10.1 Å². The molecule has 1 aliphatic rings. The number of hydrogen-bond donors (Lipinski definition) is 2. The summed E-state index contributed by atoms with van der Waals surface area (Å²) in [5, 5.41) is 6.65. The summed E-state index contributed by atoms with van der Waals surface area (Å²) in [6.07, 6.45) is 3.30. The molecule has 0 spiro atoms. The van der Waals surface area contributed by atoms with Crippen molar-refractivity contribution in [1.29, 1.82) is 0 Å². The standard InChI is InChI=1S/C20H21FN4O4S/c1-12-5-6-16(15(21)9-12)24-30(27,28)18-10-17(29-13(18)2)19-14(11-22-23-19)20(26)25-7-3-4-8-25/h5-6,9-11,24H,3-4,7-8H2,1-2H3,(H,22,23). The predicted octanol–water partition coefficient (Wildman–Crippen LogP) is 3.46. The fraction of sp³-hybridized carbons (Fsp3) is 0.300. The van der Waals surface area contributed by atoms with E-state index in [4.69, 9.17) is 4.42 Å². The second kappa shape index (κ2) is 7.60. The van der Waals surface area contributed by atoms with E-state index in [1.807, 2.05) is 0 Å². The van der Waals surface area contributed by atoms with Gasteiger partial charge >= 0.3 is 0 Å². The van der Waals surface area contributed by atoms with Crippen molar-refractivity contribution in [2.75, 3.05) is 17.8 Å². The van der Waals surface area contributed by atoms with Crippen molar-refractivity contribution in [2.45, 2.75) is 31.6 Å². The van der Waals surface area contributed by atoms with Crippen LogP contribution in [0.15, 0.2) is 39.8 Å². The summed E-state index contributed by atoms with van der Waals surface area (Å²) < 4.78 is 47.7. The first-order valence-corrected chi connectivity index (χ1v) is 11.0. The third kappa shape index (κ3) is 3.70. The topological polar surface area (TPSA) is 108 Å². The lowest BCUT2D eigenvalue weighted by atomic mass is 10.2. The Morgan fingerprint density at radius 2 is 1.97 bits per heavy atom. The molecule has 4 rings (SSSR count). The maximum Gasteiger partial charge on any atom is 0.265 e. The molecule has 158 valence electrons.